The van der Waals surface area contributed by atoms with Gasteiger partial charge in [-0.25, -0.2) is 0 Å². The molecule has 0 saturated carbocycles. The second-order valence-corrected chi connectivity index (χ2v) is 7.13. The van der Waals surface area contributed by atoms with Gasteiger partial charge in [0.15, 0.2) is 0 Å². The highest BCUT2D eigenvalue weighted by atomic mass is 35.5. The molecule has 0 spiro atoms. The molecule has 0 saturated heterocycles. The highest BCUT2D eigenvalue weighted by Crippen LogP contribution is 2.24. The summed E-state index contributed by atoms with van der Waals surface area (Å²) >= 11 is 7.56. The number of rotatable bonds is 8. The molecule has 2 rings (SSSR count). The van der Waals surface area contributed by atoms with E-state index in [0.717, 1.165) is 17.0 Å². The lowest BCUT2D eigenvalue weighted by Crippen LogP contribution is -2.16. The SMILES string of the molecule is CC(C)c1ccccc1NC(=O)CSCCOc1ccccc1Cl. The Morgan fingerprint density at radius 3 is 2.62 bits per heavy atom. The largest absolute Gasteiger partial charge is 0.491 e. The number of carbonyl (C=O) groups is 1. The molecule has 2 aromatic rings. The topological polar surface area (TPSA) is 38.3 Å². The van der Waals surface area contributed by atoms with Crippen molar-refractivity contribution >= 4 is 35.0 Å². The van der Waals surface area contributed by atoms with Crippen molar-refractivity contribution < 1.29 is 9.53 Å². The molecule has 0 atom stereocenters. The summed E-state index contributed by atoms with van der Waals surface area (Å²) in [7, 11) is 0. The Hall–Kier alpha value is -1.65. The van der Waals surface area contributed by atoms with Crippen molar-refractivity contribution in [2.24, 2.45) is 0 Å². The van der Waals surface area contributed by atoms with Gasteiger partial charge in [-0.3, -0.25) is 4.79 Å². The van der Waals surface area contributed by atoms with E-state index in [1.165, 1.54) is 11.8 Å². The van der Waals surface area contributed by atoms with Crippen LogP contribution in [0.2, 0.25) is 5.02 Å². The van der Waals surface area contributed by atoms with E-state index in [0.29, 0.717) is 29.0 Å². The number of nitrogens with one attached hydrogen (secondary N) is 1. The molecule has 128 valence electrons. The van der Waals surface area contributed by atoms with Crippen LogP contribution in [0.3, 0.4) is 0 Å². The van der Waals surface area contributed by atoms with Crippen molar-refractivity contribution in [1.29, 1.82) is 0 Å². The van der Waals surface area contributed by atoms with Crippen LogP contribution < -0.4 is 10.1 Å². The van der Waals surface area contributed by atoms with Crippen LogP contribution in [-0.2, 0) is 4.79 Å². The van der Waals surface area contributed by atoms with E-state index in [1.807, 2.05) is 42.5 Å². The van der Waals surface area contributed by atoms with Crippen LogP contribution in [0.25, 0.3) is 0 Å². The first-order chi connectivity index (χ1) is 11.6. The lowest BCUT2D eigenvalue weighted by atomic mass is 10.0. The first kappa shape index (κ1) is 18.7. The van der Waals surface area contributed by atoms with E-state index in [9.17, 15) is 4.79 Å². The highest BCUT2D eigenvalue weighted by molar-refractivity contribution is 7.99. The number of amides is 1. The maximum Gasteiger partial charge on any atom is 0.234 e. The average molecular weight is 364 g/mol. The monoisotopic (exact) mass is 363 g/mol. The van der Waals surface area contributed by atoms with Gasteiger partial charge in [0.1, 0.15) is 5.75 Å². The summed E-state index contributed by atoms with van der Waals surface area (Å²) in [5.74, 6) is 2.18. The second kappa shape index (κ2) is 9.60. The normalized spacial score (nSPS) is 10.7. The van der Waals surface area contributed by atoms with Crippen LogP contribution >= 0.6 is 23.4 Å². The molecule has 1 amide bonds. The number of halogens is 1. The van der Waals surface area contributed by atoms with Gasteiger partial charge in [0.05, 0.1) is 17.4 Å². The van der Waals surface area contributed by atoms with Gasteiger partial charge in [-0.1, -0.05) is 55.8 Å². The zero-order valence-corrected chi connectivity index (χ0v) is 15.5. The van der Waals surface area contributed by atoms with Gasteiger partial charge in [0.2, 0.25) is 5.91 Å². The van der Waals surface area contributed by atoms with Crippen LogP contribution in [0.15, 0.2) is 48.5 Å². The Bertz CT molecular complexity index is 676. The summed E-state index contributed by atoms with van der Waals surface area (Å²) in [4.78, 5) is 12.1. The van der Waals surface area contributed by atoms with E-state index in [4.69, 9.17) is 16.3 Å². The zero-order chi connectivity index (χ0) is 17.4. The lowest BCUT2D eigenvalue weighted by molar-refractivity contribution is -0.113. The number of carbonyl (C=O) groups excluding carboxylic acids is 1. The Morgan fingerprint density at radius 2 is 1.88 bits per heavy atom. The summed E-state index contributed by atoms with van der Waals surface area (Å²) in [5.41, 5.74) is 2.04. The van der Waals surface area contributed by atoms with Crippen LogP contribution in [-0.4, -0.2) is 24.0 Å². The summed E-state index contributed by atoms with van der Waals surface area (Å²) in [6.45, 7) is 4.75. The Morgan fingerprint density at radius 1 is 1.17 bits per heavy atom. The van der Waals surface area contributed by atoms with E-state index in [2.05, 4.69) is 19.2 Å². The maximum atomic E-state index is 12.1. The van der Waals surface area contributed by atoms with Crippen LogP contribution in [0.1, 0.15) is 25.3 Å². The first-order valence-corrected chi connectivity index (χ1v) is 9.45. The molecule has 0 aliphatic rings. The molecule has 0 radical (unpaired) electrons. The smallest absolute Gasteiger partial charge is 0.234 e. The number of anilines is 1. The van der Waals surface area contributed by atoms with Gasteiger partial charge in [-0.2, -0.15) is 0 Å². The molecule has 0 bridgehead atoms. The predicted octanol–water partition coefficient (Wildman–Crippen LogP) is 5.21. The molecule has 5 heteroatoms. The predicted molar refractivity (Wildman–Crippen MR) is 103 cm³/mol. The van der Waals surface area contributed by atoms with Crippen LogP contribution in [0.5, 0.6) is 5.75 Å². The van der Waals surface area contributed by atoms with Gasteiger partial charge in [0.25, 0.3) is 0 Å². The molecule has 24 heavy (non-hydrogen) atoms. The van der Waals surface area contributed by atoms with E-state index in [1.54, 1.807) is 6.07 Å². The molecule has 0 fully saturated rings. The summed E-state index contributed by atoms with van der Waals surface area (Å²) in [6.07, 6.45) is 0. The van der Waals surface area contributed by atoms with Gasteiger partial charge >= 0.3 is 0 Å². The Balaban J connectivity index is 1.71. The number of para-hydroxylation sites is 2. The summed E-state index contributed by atoms with van der Waals surface area (Å²) < 4.78 is 5.60. The van der Waals surface area contributed by atoms with Crippen molar-refractivity contribution in [3.05, 3.63) is 59.1 Å². The van der Waals surface area contributed by atoms with Crippen molar-refractivity contribution in [3.63, 3.8) is 0 Å². The fraction of sp³-hybridized carbons (Fsp3) is 0.316. The third-order valence-electron chi connectivity index (χ3n) is 3.41. The number of benzene rings is 2. The Kier molecular flexibility index (Phi) is 7.47. The number of thioether (sulfide) groups is 1. The quantitative estimate of drug-likeness (QED) is 0.654. The van der Waals surface area contributed by atoms with E-state index >= 15 is 0 Å². The van der Waals surface area contributed by atoms with Crippen molar-refractivity contribution in [2.45, 2.75) is 19.8 Å². The van der Waals surface area contributed by atoms with Gasteiger partial charge in [-0.15, -0.1) is 11.8 Å². The van der Waals surface area contributed by atoms with Crippen molar-refractivity contribution in [3.8, 4) is 5.75 Å². The van der Waals surface area contributed by atoms with Crippen molar-refractivity contribution in [2.75, 3.05) is 23.4 Å². The molecule has 2 aromatic carbocycles. The second-order valence-electron chi connectivity index (χ2n) is 5.62. The minimum Gasteiger partial charge on any atom is -0.491 e. The third kappa shape index (κ3) is 5.77. The molecular formula is C19H22ClNO2S. The number of hydrogen-bond acceptors (Lipinski definition) is 3. The van der Waals surface area contributed by atoms with E-state index in [-0.39, 0.29) is 5.91 Å². The van der Waals surface area contributed by atoms with Gasteiger partial charge in [0, 0.05) is 11.4 Å². The lowest BCUT2D eigenvalue weighted by Gasteiger charge is -2.13. The summed E-state index contributed by atoms with van der Waals surface area (Å²) in [6, 6.07) is 15.3. The first-order valence-electron chi connectivity index (χ1n) is 7.91. The summed E-state index contributed by atoms with van der Waals surface area (Å²) in [5, 5.41) is 3.59. The molecule has 0 aromatic heterocycles. The van der Waals surface area contributed by atoms with Crippen LogP contribution in [0.4, 0.5) is 5.69 Å². The molecule has 0 aliphatic carbocycles. The standard InChI is InChI=1S/C19H22ClNO2S/c1-14(2)15-7-3-5-9-17(15)21-19(22)13-24-12-11-23-18-10-6-4-8-16(18)20/h3-10,14H,11-13H2,1-2H3,(H,21,22). The molecule has 0 heterocycles. The average Bonchev–Trinajstić information content (AvgIpc) is 2.56. The minimum atomic E-state index is 0.00541. The van der Waals surface area contributed by atoms with Crippen LogP contribution in [0, 0.1) is 0 Å². The molecule has 0 unspecified atom stereocenters. The molecular weight excluding hydrogens is 342 g/mol. The molecule has 0 aliphatic heterocycles. The minimum absolute atomic E-state index is 0.00541. The maximum absolute atomic E-state index is 12.1. The van der Waals surface area contributed by atoms with Crippen molar-refractivity contribution in [1.82, 2.24) is 0 Å². The van der Waals surface area contributed by atoms with E-state index < -0.39 is 0 Å². The fourth-order valence-corrected chi connectivity index (χ4v) is 3.03. The van der Waals surface area contributed by atoms with Gasteiger partial charge in [-0.05, 0) is 29.7 Å². The Labute approximate surface area is 152 Å². The third-order valence-corrected chi connectivity index (χ3v) is 4.65. The molecule has 1 N–H and O–H groups in total. The fourth-order valence-electron chi connectivity index (χ4n) is 2.24. The molecule has 3 nitrogen and oxygen atoms in total. The number of ether oxygens (including phenoxy) is 1. The zero-order valence-electron chi connectivity index (χ0n) is 13.9. The van der Waals surface area contributed by atoms with Gasteiger partial charge < -0.3 is 10.1 Å². The highest BCUT2D eigenvalue weighted by Gasteiger charge is 2.09. The number of hydrogen-bond donors (Lipinski definition) is 1.